The molecule has 0 bridgehead atoms. The van der Waals surface area contributed by atoms with E-state index in [2.05, 4.69) is 20.2 Å². The van der Waals surface area contributed by atoms with Crippen molar-refractivity contribution in [3.63, 3.8) is 0 Å². The first kappa shape index (κ1) is 18.5. The molecule has 27 heavy (non-hydrogen) atoms. The standard InChI is InChI=1S/C20H18N4O2S/c1-26-17-12-5-6-13-18(17)27-24-20(25)23-22-19(15-9-3-2-4-10-15)16-11-7-8-14-21-16/h2-14H,1H3,(H2,23,24,25)/b22-19-. The number of hydrazone groups is 1. The molecule has 2 amide bonds. The monoisotopic (exact) mass is 378 g/mol. The summed E-state index contributed by atoms with van der Waals surface area (Å²) in [6.45, 7) is 0. The molecule has 3 aromatic rings. The maximum Gasteiger partial charge on any atom is 0.345 e. The molecule has 136 valence electrons. The number of rotatable bonds is 6. The highest BCUT2D eigenvalue weighted by Crippen LogP contribution is 2.26. The van der Waals surface area contributed by atoms with E-state index in [1.165, 1.54) is 0 Å². The number of carbonyl (C=O) groups is 1. The maximum atomic E-state index is 12.2. The van der Waals surface area contributed by atoms with E-state index in [0.29, 0.717) is 17.2 Å². The van der Waals surface area contributed by atoms with Crippen LogP contribution in [0.25, 0.3) is 0 Å². The van der Waals surface area contributed by atoms with E-state index in [0.717, 1.165) is 22.4 Å². The van der Waals surface area contributed by atoms with Gasteiger partial charge in [0.05, 0.1) is 17.7 Å². The number of benzene rings is 2. The molecule has 7 heteroatoms. The van der Waals surface area contributed by atoms with E-state index in [4.69, 9.17) is 4.74 Å². The fourth-order valence-electron chi connectivity index (χ4n) is 2.30. The van der Waals surface area contributed by atoms with Crippen LogP contribution in [0.3, 0.4) is 0 Å². The molecule has 0 spiro atoms. The molecule has 0 aliphatic rings. The van der Waals surface area contributed by atoms with Crippen LogP contribution in [0.15, 0.2) is 89.0 Å². The van der Waals surface area contributed by atoms with Gasteiger partial charge in [-0.1, -0.05) is 48.5 Å². The van der Waals surface area contributed by atoms with Crippen molar-refractivity contribution in [2.75, 3.05) is 7.11 Å². The molecule has 0 saturated heterocycles. The average Bonchev–Trinajstić information content (AvgIpc) is 2.74. The number of nitrogens with one attached hydrogen (secondary N) is 2. The smallest absolute Gasteiger partial charge is 0.345 e. The molecule has 2 N–H and O–H groups in total. The Morgan fingerprint density at radius 3 is 2.48 bits per heavy atom. The van der Waals surface area contributed by atoms with E-state index >= 15 is 0 Å². The quantitative estimate of drug-likeness (QED) is 0.388. The largest absolute Gasteiger partial charge is 0.496 e. The van der Waals surface area contributed by atoms with E-state index in [9.17, 15) is 4.79 Å². The van der Waals surface area contributed by atoms with Gasteiger partial charge in [0.2, 0.25) is 0 Å². The highest BCUT2D eigenvalue weighted by molar-refractivity contribution is 7.98. The van der Waals surface area contributed by atoms with Gasteiger partial charge >= 0.3 is 6.03 Å². The minimum absolute atomic E-state index is 0.449. The van der Waals surface area contributed by atoms with Gasteiger partial charge in [-0.15, -0.1) is 0 Å². The van der Waals surface area contributed by atoms with Crippen LogP contribution >= 0.6 is 11.9 Å². The highest BCUT2D eigenvalue weighted by Gasteiger charge is 2.10. The van der Waals surface area contributed by atoms with Crippen molar-refractivity contribution >= 4 is 23.7 Å². The number of amides is 2. The predicted molar refractivity (Wildman–Crippen MR) is 107 cm³/mol. The Balaban J connectivity index is 1.72. The molecule has 0 fully saturated rings. The highest BCUT2D eigenvalue weighted by atomic mass is 32.2. The van der Waals surface area contributed by atoms with Crippen molar-refractivity contribution in [1.29, 1.82) is 0 Å². The van der Waals surface area contributed by atoms with E-state index < -0.39 is 6.03 Å². The molecular formula is C20H18N4O2S. The van der Waals surface area contributed by atoms with Crippen LogP contribution in [-0.4, -0.2) is 23.8 Å². The van der Waals surface area contributed by atoms with Gasteiger partial charge in [-0.2, -0.15) is 5.10 Å². The van der Waals surface area contributed by atoms with Crippen LogP contribution in [0.4, 0.5) is 4.79 Å². The van der Waals surface area contributed by atoms with E-state index in [-0.39, 0.29) is 0 Å². The third-order valence-electron chi connectivity index (χ3n) is 3.55. The molecule has 6 nitrogen and oxygen atoms in total. The fourth-order valence-corrected chi connectivity index (χ4v) is 2.95. The lowest BCUT2D eigenvalue weighted by Crippen LogP contribution is -2.28. The predicted octanol–water partition coefficient (Wildman–Crippen LogP) is 3.85. The molecule has 3 rings (SSSR count). The number of para-hydroxylation sites is 1. The van der Waals surface area contributed by atoms with Crippen molar-refractivity contribution in [1.82, 2.24) is 15.1 Å². The van der Waals surface area contributed by atoms with Crippen LogP contribution in [0.5, 0.6) is 5.75 Å². The van der Waals surface area contributed by atoms with Gasteiger partial charge in [0.1, 0.15) is 11.5 Å². The molecule has 0 saturated carbocycles. The Hall–Kier alpha value is -3.32. The van der Waals surface area contributed by atoms with Crippen LogP contribution in [0, 0.1) is 0 Å². The van der Waals surface area contributed by atoms with Gasteiger partial charge in [0.25, 0.3) is 0 Å². The Labute approximate surface area is 161 Å². The number of urea groups is 1. The van der Waals surface area contributed by atoms with E-state index in [1.54, 1.807) is 13.3 Å². The van der Waals surface area contributed by atoms with Crippen molar-refractivity contribution in [3.8, 4) is 5.75 Å². The zero-order chi connectivity index (χ0) is 18.9. The van der Waals surface area contributed by atoms with Crippen molar-refractivity contribution in [2.45, 2.75) is 4.90 Å². The number of hydrogen-bond donors (Lipinski definition) is 2. The summed E-state index contributed by atoms with van der Waals surface area (Å²) in [4.78, 5) is 17.3. The molecule has 0 atom stereocenters. The summed E-state index contributed by atoms with van der Waals surface area (Å²) < 4.78 is 7.95. The number of ether oxygens (including phenoxy) is 1. The Kier molecular flexibility index (Phi) is 6.43. The lowest BCUT2D eigenvalue weighted by molar-refractivity contribution is 0.247. The Morgan fingerprint density at radius 2 is 1.74 bits per heavy atom. The number of nitrogens with zero attached hydrogens (tertiary/aromatic N) is 2. The van der Waals surface area contributed by atoms with Gasteiger partial charge < -0.3 is 4.74 Å². The van der Waals surface area contributed by atoms with Gasteiger partial charge in [0.15, 0.2) is 0 Å². The minimum atomic E-state index is -0.449. The van der Waals surface area contributed by atoms with Gasteiger partial charge in [-0.3, -0.25) is 9.71 Å². The van der Waals surface area contributed by atoms with Crippen LogP contribution in [0.1, 0.15) is 11.3 Å². The third kappa shape index (κ3) is 5.08. The number of carbonyl (C=O) groups excluding carboxylic acids is 1. The summed E-state index contributed by atoms with van der Waals surface area (Å²) in [7, 11) is 1.59. The molecule has 1 heterocycles. The number of aromatic nitrogens is 1. The summed E-state index contributed by atoms with van der Waals surface area (Å²) >= 11 is 1.15. The minimum Gasteiger partial charge on any atom is -0.496 e. The first-order valence-corrected chi connectivity index (χ1v) is 9.00. The Bertz CT molecular complexity index is 876. The molecular weight excluding hydrogens is 360 g/mol. The first-order valence-electron chi connectivity index (χ1n) is 8.18. The van der Waals surface area contributed by atoms with Gasteiger partial charge in [-0.25, -0.2) is 10.2 Å². The summed E-state index contributed by atoms with van der Waals surface area (Å²) in [6.07, 6.45) is 1.69. The zero-order valence-electron chi connectivity index (χ0n) is 14.6. The Morgan fingerprint density at radius 1 is 1.00 bits per heavy atom. The lowest BCUT2D eigenvalue weighted by atomic mass is 10.1. The topological polar surface area (TPSA) is 75.6 Å². The van der Waals surface area contributed by atoms with Crippen molar-refractivity contribution < 1.29 is 9.53 Å². The fraction of sp³-hybridized carbons (Fsp3) is 0.0500. The second-order valence-corrected chi connectivity index (χ2v) is 6.19. The first-order chi connectivity index (χ1) is 13.3. The summed E-state index contributed by atoms with van der Waals surface area (Å²) in [5.74, 6) is 0.685. The van der Waals surface area contributed by atoms with Crippen LogP contribution in [-0.2, 0) is 0 Å². The van der Waals surface area contributed by atoms with Crippen molar-refractivity contribution in [3.05, 3.63) is 90.3 Å². The molecule has 0 radical (unpaired) electrons. The molecule has 0 unspecified atom stereocenters. The summed E-state index contributed by atoms with van der Waals surface area (Å²) in [6, 6.07) is 22.1. The number of methoxy groups -OCH3 is 1. The summed E-state index contributed by atoms with van der Waals surface area (Å²) in [5, 5.41) is 4.27. The third-order valence-corrected chi connectivity index (χ3v) is 4.39. The van der Waals surface area contributed by atoms with E-state index in [1.807, 2.05) is 72.8 Å². The van der Waals surface area contributed by atoms with Gasteiger partial charge in [-0.05, 0) is 36.2 Å². The second kappa shape index (κ2) is 9.40. The van der Waals surface area contributed by atoms with Crippen LogP contribution < -0.4 is 14.9 Å². The zero-order valence-corrected chi connectivity index (χ0v) is 15.4. The van der Waals surface area contributed by atoms with Crippen LogP contribution in [0.2, 0.25) is 0 Å². The molecule has 1 aromatic heterocycles. The number of pyridine rings is 1. The summed E-state index contributed by atoms with van der Waals surface area (Å²) in [5.41, 5.74) is 4.62. The number of hydrogen-bond acceptors (Lipinski definition) is 5. The maximum absolute atomic E-state index is 12.2. The normalized spacial score (nSPS) is 10.9. The average molecular weight is 378 g/mol. The molecule has 0 aliphatic heterocycles. The molecule has 2 aromatic carbocycles. The van der Waals surface area contributed by atoms with Gasteiger partial charge in [0, 0.05) is 11.8 Å². The van der Waals surface area contributed by atoms with Crippen molar-refractivity contribution in [2.24, 2.45) is 5.10 Å². The SMILES string of the molecule is COc1ccccc1SNC(=O)N/N=C(/c1ccccc1)c1ccccn1. The second-order valence-electron chi connectivity index (χ2n) is 5.34. The molecule has 0 aliphatic carbocycles. The lowest BCUT2D eigenvalue weighted by Gasteiger charge is -2.09.